The smallest absolute Gasteiger partial charge is 0.123 e. The standard InChI is InChI=1S/C23H30N2O2/c26-23-11-13-24-16-21(23)18-25(14-12-23)17-20-8-4-5-9-22(20)27-15-10-19-6-2-1-3-7-19/h1-9,21,24,26H,10-18H2/t21-,23-/m0/s1. The molecule has 2 saturated heterocycles. The van der Waals surface area contributed by atoms with Crippen molar-refractivity contribution in [3.05, 3.63) is 65.7 Å². The molecule has 2 aliphatic heterocycles. The Hall–Kier alpha value is -1.88. The molecule has 2 atom stereocenters. The zero-order valence-electron chi connectivity index (χ0n) is 15.9. The van der Waals surface area contributed by atoms with Crippen molar-refractivity contribution in [1.29, 1.82) is 0 Å². The van der Waals surface area contributed by atoms with Crippen molar-refractivity contribution in [1.82, 2.24) is 10.2 Å². The number of aliphatic hydroxyl groups is 1. The minimum Gasteiger partial charge on any atom is -0.493 e. The Bertz CT molecular complexity index is 736. The Morgan fingerprint density at radius 2 is 1.89 bits per heavy atom. The Balaban J connectivity index is 1.35. The van der Waals surface area contributed by atoms with Gasteiger partial charge in [-0.3, -0.25) is 4.90 Å². The fourth-order valence-electron chi connectivity index (χ4n) is 4.38. The first-order valence-electron chi connectivity index (χ1n) is 10.1. The third kappa shape index (κ3) is 4.52. The summed E-state index contributed by atoms with van der Waals surface area (Å²) < 4.78 is 6.12. The average molecular weight is 367 g/mol. The van der Waals surface area contributed by atoms with Crippen molar-refractivity contribution >= 4 is 0 Å². The molecule has 144 valence electrons. The fourth-order valence-corrected chi connectivity index (χ4v) is 4.38. The molecule has 0 radical (unpaired) electrons. The number of benzene rings is 2. The van der Waals surface area contributed by atoms with Gasteiger partial charge in [0.2, 0.25) is 0 Å². The van der Waals surface area contributed by atoms with Gasteiger partial charge in [0, 0.05) is 44.1 Å². The summed E-state index contributed by atoms with van der Waals surface area (Å²) in [4.78, 5) is 2.46. The molecular formula is C23H30N2O2. The van der Waals surface area contributed by atoms with Gasteiger partial charge in [0.15, 0.2) is 0 Å². The van der Waals surface area contributed by atoms with Gasteiger partial charge >= 0.3 is 0 Å². The molecule has 4 rings (SSSR count). The number of rotatable bonds is 6. The highest BCUT2D eigenvalue weighted by Gasteiger charge is 2.42. The zero-order valence-corrected chi connectivity index (χ0v) is 15.9. The number of likely N-dealkylation sites (tertiary alicyclic amines) is 1. The number of fused-ring (bicyclic) bond motifs is 1. The minimum atomic E-state index is -0.465. The zero-order chi connectivity index (χ0) is 18.5. The van der Waals surface area contributed by atoms with Crippen molar-refractivity contribution in [2.45, 2.75) is 31.4 Å². The molecular weight excluding hydrogens is 336 g/mol. The highest BCUT2D eigenvalue weighted by atomic mass is 16.5. The Labute approximate surface area is 162 Å². The van der Waals surface area contributed by atoms with Gasteiger partial charge in [0.1, 0.15) is 5.75 Å². The van der Waals surface area contributed by atoms with Gasteiger partial charge in [-0.1, -0.05) is 48.5 Å². The second kappa shape index (κ2) is 8.42. The van der Waals surface area contributed by atoms with Gasteiger partial charge in [-0.2, -0.15) is 0 Å². The molecule has 2 aromatic rings. The lowest BCUT2D eigenvalue weighted by Crippen LogP contribution is -2.58. The van der Waals surface area contributed by atoms with E-state index in [0.717, 1.165) is 57.7 Å². The Morgan fingerprint density at radius 3 is 2.78 bits per heavy atom. The van der Waals surface area contributed by atoms with E-state index >= 15 is 0 Å². The van der Waals surface area contributed by atoms with Crippen LogP contribution in [0, 0.1) is 5.92 Å². The quantitative estimate of drug-likeness (QED) is 0.825. The van der Waals surface area contributed by atoms with E-state index in [2.05, 4.69) is 52.7 Å². The molecule has 2 fully saturated rings. The first kappa shape index (κ1) is 18.5. The number of nitrogens with one attached hydrogen (secondary N) is 1. The second-order valence-electron chi connectivity index (χ2n) is 7.93. The van der Waals surface area contributed by atoms with E-state index in [9.17, 15) is 5.11 Å². The maximum Gasteiger partial charge on any atom is 0.123 e. The summed E-state index contributed by atoms with van der Waals surface area (Å²) in [5, 5.41) is 14.3. The van der Waals surface area contributed by atoms with Gasteiger partial charge in [-0.05, 0) is 31.0 Å². The summed E-state index contributed by atoms with van der Waals surface area (Å²) in [6, 6.07) is 18.8. The van der Waals surface area contributed by atoms with Crippen LogP contribution in [0.1, 0.15) is 24.0 Å². The van der Waals surface area contributed by atoms with Gasteiger partial charge < -0.3 is 15.2 Å². The largest absolute Gasteiger partial charge is 0.493 e. The molecule has 4 nitrogen and oxygen atoms in total. The number of hydrogen-bond acceptors (Lipinski definition) is 4. The molecule has 2 N–H and O–H groups in total. The van der Waals surface area contributed by atoms with Gasteiger partial charge in [-0.25, -0.2) is 0 Å². The van der Waals surface area contributed by atoms with Crippen molar-refractivity contribution in [2.24, 2.45) is 5.92 Å². The van der Waals surface area contributed by atoms with Crippen LogP contribution >= 0.6 is 0 Å². The molecule has 0 spiro atoms. The number of para-hydroxylation sites is 1. The normalized spacial score (nSPS) is 25.7. The molecule has 2 aliphatic rings. The highest BCUT2D eigenvalue weighted by Crippen LogP contribution is 2.34. The van der Waals surface area contributed by atoms with E-state index in [1.807, 2.05) is 12.1 Å². The van der Waals surface area contributed by atoms with E-state index < -0.39 is 5.60 Å². The topological polar surface area (TPSA) is 44.7 Å². The predicted octanol–water partition coefficient (Wildman–Crippen LogP) is 2.85. The van der Waals surface area contributed by atoms with Crippen LogP contribution in [0.4, 0.5) is 0 Å². The molecule has 0 bridgehead atoms. The Morgan fingerprint density at radius 1 is 1.07 bits per heavy atom. The molecule has 27 heavy (non-hydrogen) atoms. The molecule has 0 aromatic heterocycles. The SMILES string of the molecule is O[C@]12CCNC[C@H]1CN(Cc1ccccc1OCCc1ccccc1)CC2. The van der Waals surface area contributed by atoms with Crippen LogP contribution < -0.4 is 10.1 Å². The molecule has 0 unspecified atom stereocenters. The third-order valence-electron chi connectivity index (χ3n) is 6.08. The van der Waals surface area contributed by atoms with Gasteiger partial charge in [0.25, 0.3) is 0 Å². The molecule has 2 heterocycles. The maximum absolute atomic E-state index is 10.9. The maximum atomic E-state index is 10.9. The lowest BCUT2D eigenvalue weighted by Gasteiger charge is -2.47. The number of nitrogens with zero attached hydrogens (tertiary/aromatic N) is 1. The highest BCUT2D eigenvalue weighted by molar-refractivity contribution is 5.33. The van der Waals surface area contributed by atoms with Crippen molar-refractivity contribution < 1.29 is 9.84 Å². The number of piperidine rings is 2. The molecule has 0 saturated carbocycles. The van der Waals surface area contributed by atoms with Crippen LogP contribution in [0.25, 0.3) is 0 Å². The first-order chi connectivity index (χ1) is 13.2. The predicted molar refractivity (Wildman–Crippen MR) is 108 cm³/mol. The monoisotopic (exact) mass is 366 g/mol. The van der Waals surface area contributed by atoms with Crippen LogP contribution in [0.2, 0.25) is 0 Å². The summed E-state index contributed by atoms with van der Waals surface area (Å²) in [6.07, 6.45) is 2.67. The average Bonchev–Trinajstić information content (AvgIpc) is 2.70. The summed E-state index contributed by atoms with van der Waals surface area (Å²) in [5.41, 5.74) is 2.07. The molecule has 0 aliphatic carbocycles. The molecule has 0 amide bonds. The van der Waals surface area contributed by atoms with Crippen LogP contribution in [0.15, 0.2) is 54.6 Å². The van der Waals surface area contributed by atoms with E-state index in [4.69, 9.17) is 4.74 Å². The number of ether oxygens (including phenoxy) is 1. The van der Waals surface area contributed by atoms with E-state index in [0.29, 0.717) is 12.5 Å². The first-order valence-corrected chi connectivity index (χ1v) is 10.1. The van der Waals surface area contributed by atoms with Crippen LogP contribution in [0.5, 0.6) is 5.75 Å². The molecule has 4 heteroatoms. The van der Waals surface area contributed by atoms with Crippen LogP contribution in [0.3, 0.4) is 0 Å². The summed E-state index contributed by atoms with van der Waals surface area (Å²) in [5.74, 6) is 1.31. The summed E-state index contributed by atoms with van der Waals surface area (Å²) >= 11 is 0. The minimum absolute atomic E-state index is 0.325. The van der Waals surface area contributed by atoms with Gasteiger partial charge in [0.05, 0.1) is 12.2 Å². The van der Waals surface area contributed by atoms with Gasteiger partial charge in [-0.15, -0.1) is 0 Å². The van der Waals surface area contributed by atoms with E-state index in [1.165, 1.54) is 11.1 Å². The Kier molecular flexibility index (Phi) is 5.77. The van der Waals surface area contributed by atoms with Crippen molar-refractivity contribution in [2.75, 3.05) is 32.8 Å². The lowest BCUT2D eigenvalue weighted by molar-refractivity contribution is -0.0900. The molecule has 2 aromatic carbocycles. The number of hydrogen-bond donors (Lipinski definition) is 2. The lowest BCUT2D eigenvalue weighted by atomic mass is 9.76. The second-order valence-corrected chi connectivity index (χ2v) is 7.93. The van der Waals surface area contributed by atoms with E-state index in [-0.39, 0.29) is 0 Å². The van der Waals surface area contributed by atoms with Crippen LogP contribution in [-0.2, 0) is 13.0 Å². The van der Waals surface area contributed by atoms with Crippen molar-refractivity contribution in [3.63, 3.8) is 0 Å². The van der Waals surface area contributed by atoms with Crippen LogP contribution in [-0.4, -0.2) is 48.4 Å². The summed E-state index contributed by atoms with van der Waals surface area (Å²) in [7, 11) is 0. The fraction of sp³-hybridized carbons (Fsp3) is 0.478. The van der Waals surface area contributed by atoms with E-state index in [1.54, 1.807) is 0 Å². The summed E-state index contributed by atoms with van der Waals surface area (Å²) in [6.45, 7) is 5.32. The van der Waals surface area contributed by atoms with Crippen molar-refractivity contribution in [3.8, 4) is 5.75 Å². The third-order valence-corrected chi connectivity index (χ3v) is 6.08.